The number of Topliss-reactive ketones (excluding diaryl/α,β-unsaturated/α-hetero) is 1. The third kappa shape index (κ3) is 4.63. The van der Waals surface area contributed by atoms with Crippen LogP contribution in [0, 0.1) is 6.92 Å². The number of carbonyl (C=O) groups is 2. The highest BCUT2D eigenvalue weighted by atomic mass is 35.5. The van der Waals surface area contributed by atoms with Gasteiger partial charge in [0.05, 0.1) is 23.9 Å². The number of hydrogen-bond donors (Lipinski definition) is 0. The SMILES string of the molecule is COc1ccc(-c2cc(C(=O)OCC(=O)c3ccc(Cl)cc3)c3cc(C)ccc3n2)cc1. The summed E-state index contributed by atoms with van der Waals surface area (Å²) in [5.41, 5.74) is 3.90. The summed E-state index contributed by atoms with van der Waals surface area (Å²) in [4.78, 5) is 30.1. The predicted molar refractivity (Wildman–Crippen MR) is 125 cm³/mol. The van der Waals surface area contributed by atoms with Gasteiger partial charge in [-0.05, 0) is 73.7 Å². The van der Waals surface area contributed by atoms with Gasteiger partial charge >= 0.3 is 5.97 Å². The van der Waals surface area contributed by atoms with Crippen LogP contribution in [0.25, 0.3) is 22.2 Å². The predicted octanol–water partition coefficient (Wildman–Crippen LogP) is 5.91. The first kappa shape index (κ1) is 21.5. The maximum absolute atomic E-state index is 13.0. The van der Waals surface area contributed by atoms with Gasteiger partial charge in [-0.1, -0.05) is 23.2 Å². The van der Waals surface area contributed by atoms with Crippen molar-refractivity contribution in [3.8, 4) is 17.0 Å². The van der Waals surface area contributed by atoms with Gasteiger partial charge in [0.2, 0.25) is 0 Å². The maximum atomic E-state index is 13.0. The summed E-state index contributed by atoms with van der Waals surface area (Å²) < 4.78 is 10.6. The molecule has 0 bridgehead atoms. The fourth-order valence-corrected chi connectivity index (χ4v) is 3.47. The van der Waals surface area contributed by atoms with Gasteiger partial charge in [-0.3, -0.25) is 4.79 Å². The molecule has 0 saturated carbocycles. The van der Waals surface area contributed by atoms with E-state index in [9.17, 15) is 9.59 Å². The topological polar surface area (TPSA) is 65.5 Å². The number of rotatable bonds is 6. The van der Waals surface area contributed by atoms with E-state index in [1.807, 2.05) is 49.4 Å². The minimum Gasteiger partial charge on any atom is -0.497 e. The van der Waals surface area contributed by atoms with Crippen LogP contribution in [0.5, 0.6) is 5.75 Å². The first-order valence-corrected chi connectivity index (χ1v) is 10.3. The summed E-state index contributed by atoms with van der Waals surface area (Å²) >= 11 is 5.86. The number of halogens is 1. The van der Waals surface area contributed by atoms with Crippen molar-refractivity contribution in [1.29, 1.82) is 0 Å². The van der Waals surface area contributed by atoms with E-state index >= 15 is 0 Å². The minimum absolute atomic E-state index is 0.306. The Labute approximate surface area is 190 Å². The molecule has 160 valence electrons. The summed E-state index contributed by atoms with van der Waals surface area (Å²) in [6.07, 6.45) is 0. The second kappa shape index (κ2) is 9.20. The lowest BCUT2D eigenvalue weighted by Gasteiger charge is -2.11. The molecule has 0 radical (unpaired) electrons. The quantitative estimate of drug-likeness (QED) is 0.272. The number of ketones is 1. The molecule has 0 N–H and O–H groups in total. The lowest BCUT2D eigenvalue weighted by Crippen LogP contribution is -2.15. The van der Waals surface area contributed by atoms with Crippen LogP contribution in [0.2, 0.25) is 5.02 Å². The van der Waals surface area contributed by atoms with Gasteiger partial charge in [-0.25, -0.2) is 9.78 Å². The van der Waals surface area contributed by atoms with E-state index in [0.29, 0.717) is 32.7 Å². The fraction of sp³-hybridized carbons (Fsp3) is 0.115. The van der Waals surface area contributed by atoms with Crippen molar-refractivity contribution in [2.45, 2.75) is 6.92 Å². The molecule has 0 aliphatic heterocycles. The molecule has 4 rings (SSSR count). The van der Waals surface area contributed by atoms with E-state index in [2.05, 4.69) is 0 Å². The molecule has 4 aromatic rings. The van der Waals surface area contributed by atoms with Crippen molar-refractivity contribution < 1.29 is 19.1 Å². The molecule has 0 unspecified atom stereocenters. The number of fused-ring (bicyclic) bond motifs is 1. The largest absolute Gasteiger partial charge is 0.497 e. The van der Waals surface area contributed by atoms with E-state index in [0.717, 1.165) is 16.9 Å². The van der Waals surface area contributed by atoms with Gasteiger partial charge in [0.1, 0.15) is 5.75 Å². The molecule has 32 heavy (non-hydrogen) atoms. The van der Waals surface area contributed by atoms with Crippen molar-refractivity contribution >= 4 is 34.3 Å². The monoisotopic (exact) mass is 445 g/mol. The Morgan fingerprint density at radius 3 is 2.34 bits per heavy atom. The number of carbonyl (C=O) groups excluding carboxylic acids is 2. The van der Waals surface area contributed by atoms with Crippen LogP contribution in [-0.2, 0) is 4.74 Å². The standard InChI is InChI=1S/C26H20ClNO4/c1-16-3-12-23-21(13-16)22(14-24(28-23)17-6-10-20(31-2)11-7-17)26(30)32-15-25(29)18-4-8-19(27)9-5-18/h3-14H,15H2,1-2H3. The molecule has 0 aliphatic rings. The third-order valence-corrected chi connectivity index (χ3v) is 5.32. The highest BCUT2D eigenvalue weighted by Gasteiger charge is 2.17. The number of aromatic nitrogens is 1. The van der Waals surface area contributed by atoms with Gasteiger partial charge in [0.15, 0.2) is 12.4 Å². The number of esters is 1. The molecule has 0 amide bonds. The summed E-state index contributed by atoms with van der Waals surface area (Å²) in [7, 11) is 1.60. The first-order valence-electron chi connectivity index (χ1n) is 9.96. The highest BCUT2D eigenvalue weighted by molar-refractivity contribution is 6.30. The van der Waals surface area contributed by atoms with E-state index in [4.69, 9.17) is 26.1 Å². The Hall–Kier alpha value is -3.70. The Morgan fingerprint density at radius 1 is 0.938 bits per heavy atom. The molecule has 6 heteroatoms. The lowest BCUT2D eigenvalue weighted by atomic mass is 10.0. The van der Waals surface area contributed by atoms with Gasteiger partial charge in [-0.2, -0.15) is 0 Å². The molecule has 3 aromatic carbocycles. The summed E-state index contributed by atoms with van der Waals surface area (Å²) in [5, 5.41) is 1.20. The average molecular weight is 446 g/mol. The molecule has 0 fully saturated rings. The highest BCUT2D eigenvalue weighted by Crippen LogP contribution is 2.27. The van der Waals surface area contributed by atoms with Crippen molar-refractivity contribution in [3.05, 3.63) is 94.5 Å². The number of aryl methyl sites for hydroxylation is 1. The number of nitrogens with zero attached hydrogens (tertiary/aromatic N) is 1. The molecule has 0 atom stereocenters. The lowest BCUT2D eigenvalue weighted by molar-refractivity contribution is 0.0476. The zero-order valence-corrected chi connectivity index (χ0v) is 18.3. The Kier molecular flexibility index (Phi) is 6.19. The van der Waals surface area contributed by atoms with Crippen molar-refractivity contribution in [2.75, 3.05) is 13.7 Å². The number of ether oxygens (including phenoxy) is 2. The summed E-state index contributed by atoms with van der Waals surface area (Å²) in [6.45, 7) is 1.57. The van der Waals surface area contributed by atoms with Crippen LogP contribution >= 0.6 is 11.6 Å². The van der Waals surface area contributed by atoms with Gasteiger partial charge in [0.25, 0.3) is 0 Å². The first-order chi connectivity index (χ1) is 15.4. The van der Waals surface area contributed by atoms with Crippen LogP contribution in [0.4, 0.5) is 0 Å². The Morgan fingerprint density at radius 2 is 1.66 bits per heavy atom. The van der Waals surface area contributed by atoms with Gasteiger partial charge in [0, 0.05) is 21.5 Å². The summed E-state index contributed by atoms with van der Waals surface area (Å²) in [6, 6.07) is 21.2. The second-order valence-electron chi connectivity index (χ2n) is 7.31. The molecule has 1 heterocycles. The van der Waals surface area contributed by atoms with Crippen molar-refractivity contribution in [1.82, 2.24) is 4.98 Å². The van der Waals surface area contributed by atoms with Crippen LogP contribution in [0.3, 0.4) is 0 Å². The molecular formula is C26H20ClNO4. The number of pyridine rings is 1. The average Bonchev–Trinajstić information content (AvgIpc) is 2.82. The second-order valence-corrected chi connectivity index (χ2v) is 7.75. The van der Waals surface area contributed by atoms with Crippen molar-refractivity contribution in [2.24, 2.45) is 0 Å². The van der Waals surface area contributed by atoms with E-state index in [-0.39, 0.29) is 12.4 Å². The van der Waals surface area contributed by atoms with Gasteiger partial charge < -0.3 is 9.47 Å². The number of hydrogen-bond acceptors (Lipinski definition) is 5. The van der Waals surface area contributed by atoms with Crippen LogP contribution in [0.1, 0.15) is 26.3 Å². The van der Waals surface area contributed by atoms with Crippen LogP contribution in [0.15, 0.2) is 72.8 Å². The van der Waals surface area contributed by atoms with E-state index < -0.39 is 5.97 Å². The van der Waals surface area contributed by atoms with E-state index in [1.165, 1.54) is 0 Å². The maximum Gasteiger partial charge on any atom is 0.339 e. The normalized spacial score (nSPS) is 10.7. The molecule has 0 saturated heterocycles. The van der Waals surface area contributed by atoms with Crippen LogP contribution in [-0.4, -0.2) is 30.5 Å². The molecule has 5 nitrogen and oxygen atoms in total. The number of methoxy groups -OCH3 is 1. The Bertz CT molecular complexity index is 1300. The van der Waals surface area contributed by atoms with E-state index in [1.54, 1.807) is 37.4 Å². The molecular weight excluding hydrogens is 426 g/mol. The zero-order valence-electron chi connectivity index (χ0n) is 17.6. The fourth-order valence-electron chi connectivity index (χ4n) is 3.35. The minimum atomic E-state index is -0.583. The number of benzene rings is 3. The molecule has 0 spiro atoms. The van der Waals surface area contributed by atoms with Crippen molar-refractivity contribution in [3.63, 3.8) is 0 Å². The summed E-state index contributed by atoms with van der Waals surface area (Å²) in [5.74, 6) is -0.162. The molecule has 1 aromatic heterocycles. The smallest absolute Gasteiger partial charge is 0.339 e. The van der Waals surface area contributed by atoms with Crippen LogP contribution < -0.4 is 4.74 Å². The Balaban J connectivity index is 1.66. The zero-order chi connectivity index (χ0) is 22.7. The van der Waals surface area contributed by atoms with Gasteiger partial charge in [-0.15, -0.1) is 0 Å². The molecule has 0 aliphatic carbocycles. The third-order valence-electron chi connectivity index (χ3n) is 5.07.